The highest BCUT2D eigenvalue weighted by atomic mass is 127. The fourth-order valence-electron chi connectivity index (χ4n) is 2.82. The zero-order chi connectivity index (χ0) is 18.2. The molecule has 1 fully saturated rings. The van der Waals surface area contributed by atoms with E-state index in [1.165, 1.54) is 18.4 Å². The van der Waals surface area contributed by atoms with Crippen molar-refractivity contribution in [1.82, 2.24) is 10.6 Å². The van der Waals surface area contributed by atoms with Crippen molar-refractivity contribution in [3.63, 3.8) is 0 Å². The fourth-order valence-corrected chi connectivity index (χ4v) is 3.09. The third kappa shape index (κ3) is 7.83. The van der Waals surface area contributed by atoms with E-state index >= 15 is 0 Å². The highest BCUT2D eigenvalue weighted by Gasteiger charge is 2.31. The van der Waals surface area contributed by atoms with Crippen LogP contribution in [0.15, 0.2) is 56.5 Å². The number of aliphatic imine (C=N–C) groups is 1. The molecule has 0 saturated heterocycles. The highest BCUT2D eigenvalue weighted by Crippen LogP contribution is 2.32. The van der Waals surface area contributed by atoms with Gasteiger partial charge in [0.15, 0.2) is 5.96 Å². The standard InChI is InChI=1S/C20H26BrN3O2.HI/c1-25-14-19(16-6-7-16)24-20(22-11-10-18-3-2-12-26-18)23-13-15-4-8-17(21)9-5-15;/h2-5,8-9,12,16,19H,6-7,10-11,13-14H2,1H3,(H2,22,23,24);1H. The summed E-state index contributed by atoms with van der Waals surface area (Å²) in [6.07, 6.45) is 5.04. The third-order valence-corrected chi connectivity index (χ3v) is 4.96. The van der Waals surface area contributed by atoms with Crippen molar-refractivity contribution in [2.45, 2.75) is 31.8 Å². The van der Waals surface area contributed by atoms with Gasteiger partial charge < -0.3 is 19.8 Å². The van der Waals surface area contributed by atoms with Gasteiger partial charge in [0.1, 0.15) is 5.76 Å². The number of hydrogen-bond acceptors (Lipinski definition) is 3. The van der Waals surface area contributed by atoms with Gasteiger partial charge >= 0.3 is 0 Å². The molecule has 0 aliphatic heterocycles. The largest absolute Gasteiger partial charge is 0.469 e. The van der Waals surface area contributed by atoms with Crippen LogP contribution in [0.4, 0.5) is 0 Å². The van der Waals surface area contributed by atoms with E-state index in [-0.39, 0.29) is 24.0 Å². The number of halogens is 2. The van der Waals surface area contributed by atoms with Crippen LogP contribution in [-0.2, 0) is 17.7 Å². The van der Waals surface area contributed by atoms with Crippen molar-refractivity contribution in [1.29, 1.82) is 0 Å². The van der Waals surface area contributed by atoms with E-state index in [4.69, 9.17) is 14.1 Å². The zero-order valence-electron chi connectivity index (χ0n) is 15.5. The molecule has 148 valence electrons. The first-order valence-corrected chi connectivity index (χ1v) is 9.84. The van der Waals surface area contributed by atoms with Gasteiger partial charge in [-0.05, 0) is 48.6 Å². The first-order valence-electron chi connectivity index (χ1n) is 9.05. The Balaban J connectivity index is 0.00000261. The highest BCUT2D eigenvalue weighted by molar-refractivity contribution is 14.0. The molecule has 3 rings (SSSR count). The summed E-state index contributed by atoms with van der Waals surface area (Å²) in [5.74, 6) is 2.48. The van der Waals surface area contributed by atoms with Crippen LogP contribution in [0.3, 0.4) is 0 Å². The summed E-state index contributed by atoms with van der Waals surface area (Å²) in [4.78, 5) is 4.77. The monoisotopic (exact) mass is 547 g/mol. The smallest absolute Gasteiger partial charge is 0.191 e. The lowest BCUT2D eigenvalue weighted by Gasteiger charge is -2.21. The summed E-state index contributed by atoms with van der Waals surface area (Å²) in [5.41, 5.74) is 1.18. The quantitative estimate of drug-likeness (QED) is 0.278. The summed E-state index contributed by atoms with van der Waals surface area (Å²) >= 11 is 3.47. The van der Waals surface area contributed by atoms with Crippen LogP contribution in [0, 0.1) is 5.92 Å². The molecule has 7 heteroatoms. The van der Waals surface area contributed by atoms with Crippen LogP contribution in [0.5, 0.6) is 0 Å². The zero-order valence-corrected chi connectivity index (χ0v) is 19.4. The minimum Gasteiger partial charge on any atom is -0.469 e. The van der Waals surface area contributed by atoms with Crippen molar-refractivity contribution >= 4 is 45.9 Å². The molecule has 0 radical (unpaired) electrons. The van der Waals surface area contributed by atoms with Crippen molar-refractivity contribution in [3.8, 4) is 0 Å². The molecule has 1 aliphatic rings. The number of ether oxygens (including phenoxy) is 1. The van der Waals surface area contributed by atoms with E-state index in [9.17, 15) is 0 Å². The Bertz CT molecular complexity index is 688. The van der Waals surface area contributed by atoms with E-state index in [1.54, 1.807) is 13.4 Å². The second-order valence-electron chi connectivity index (χ2n) is 6.59. The van der Waals surface area contributed by atoms with Crippen molar-refractivity contribution < 1.29 is 9.15 Å². The molecular weight excluding hydrogens is 521 g/mol. The Hall–Kier alpha value is -1.06. The van der Waals surface area contributed by atoms with E-state index in [0.717, 1.165) is 29.2 Å². The van der Waals surface area contributed by atoms with E-state index in [1.807, 2.05) is 24.3 Å². The Kier molecular flexibility index (Phi) is 9.64. The Morgan fingerprint density at radius 1 is 1.30 bits per heavy atom. The average molecular weight is 548 g/mol. The Morgan fingerprint density at radius 3 is 2.70 bits per heavy atom. The lowest BCUT2D eigenvalue weighted by atomic mass is 10.2. The molecule has 5 nitrogen and oxygen atoms in total. The van der Waals surface area contributed by atoms with Crippen LogP contribution in [0.2, 0.25) is 0 Å². The van der Waals surface area contributed by atoms with Gasteiger partial charge in [0.2, 0.25) is 0 Å². The summed E-state index contributed by atoms with van der Waals surface area (Å²) in [7, 11) is 1.75. The summed E-state index contributed by atoms with van der Waals surface area (Å²) < 4.78 is 11.9. The molecule has 1 atom stereocenters. The third-order valence-electron chi connectivity index (χ3n) is 4.44. The Morgan fingerprint density at radius 2 is 2.07 bits per heavy atom. The van der Waals surface area contributed by atoms with Crippen LogP contribution in [0.1, 0.15) is 24.2 Å². The SMILES string of the molecule is COCC(NC(=NCc1ccc(Br)cc1)NCCc1ccco1)C1CC1.I. The number of benzene rings is 1. The number of hydrogen-bond donors (Lipinski definition) is 2. The molecule has 27 heavy (non-hydrogen) atoms. The topological polar surface area (TPSA) is 58.8 Å². The normalized spacial score (nSPS) is 15.1. The van der Waals surface area contributed by atoms with Crippen LogP contribution >= 0.6 is 39.9 Å². The minimum absolute atomic E-state index is 0. The molecular formula is C20H27BrIN3O2. The number of furan rings is 1. The molecule has 1 aliphatic carbocycles. The number of methoxy groups -OCH3 is 1. The maximum Gasteiger partial charge on any atom is 0.191 e. The summed E-state index contributed by atoms with van der Waals surface area (Å²) in [5, 5.41) is 6.98. The number of rotatable bonds is 9. The van der Waals surface area contributed by atoms with E-state index in [2.05, 4.69) is 38.7 Å². The maximum absolute atomic E-state index is 5.40. The molecule has 1 saturated carbocycles. The van der Waals surface area contributed by atoms with Gasteiger partial charge in [-0.2, -0.15) is 0 Å². The molecule has 1 aromatic heterocycles. The van der Waals surface area contributed by atoms with Crippen LogP contribution in [0.25, 0.3) is 0 Å². The van der Waals surface area contributed by atoms with Crippen LogP contribution < -0.4 is 10.6 Å². The van der Waals surface area contributed by atoms with Gasteiger partial charge in [-0.15, -0.1) is 24.0 Å². The Labute approximate surface area is 186 Å². The van der Waals surface area contributed by atoms with Crippen molar-refractivity contribution in [2.24, 2.45) is 10.9 Å². The van der Waals surface area contributed by atoms with E-state index in [0.29, 0.717) is 25.1 Å². The number of guanidine groups is 1. The number of nitrogens with zero attached hydrogens (tertiary/aromatic N) is 1. The fraction of sp³-hybridized carbons (Fsp3) is 0.450. The second-order valence-corrected chi connectivity index (χ2v) is 7.51. The first kappa shape index (κ1) is 22.2. The van der Waals surface area contributed by atoms with Gasteiger partial charge in [-0.3, -0.25) is 0 Å². The molecule has 2 N–H and O–H groups in total. The average Bonchev–Trinajstić information content (AvgIpc) is 3.37. The predicted molar refractivity (Wildman–Crippen MR) is 123 cm³/mol. The van der Waals surface area contributed by atoms with Crippen LogP contribution in [-0.4, -0.2) is 32.3 Å². The second kappa shape index (κ2) is 11.7. The minimum atomic E-state index is 0. The number of nitrogens with one attached hydrogen (secondary N) is 2. The molecule has 1 aromatic carbocycles. The van der Waals surface area contributed by atoms with Gasteiger partial charge in [-0.25, -0.2) is 4.99 Å². The van der Waals surface area contributed by atoms with Gasteiger partial charge in [0.05, 0.1) is 25.5 Å². The molecule has 0 bridgehead atoms. The van der Waals surface area contributed by atoms with Gasteiger partial charge in [-0.1, -0.05) is 28.1 Å². The first-order chi connectivity index (χ1) is 12.7. The molecule has 1 unspecified atom stereocenters. The molecule has 0 spiro atoms. The van der Waals surface area contributed by atoms with Gasteiger partial charge in [0, 0.05) is 24.5 Å². The lowest BCUT2D eigenvalue weighted by Crippen LogP contribution is -2.47. The van der Waals surface area contributed by atoms with Crippen molar-refractivity contribution in [3.05, 3.63) is 58.5 Å². The summed E-state index contributed by atoms with van der Waals surface area (Å²) in [6, 6.07) is 12.5. The molecule has 2 aromatic rings. The van der Waals surface area contributed by atoms with E-state index < -0.39 is 0 Å². The molecule has 0 amide bonds. The lowest BCUT2D eigenvalue weighted by molar-refractivity contribution is 0.165. The van der Waals surface area contributed by atoms with Crippen molar-refractivity contribution in [2.75, 3.05) is 20.3 Å². The maximum atomic E-state index is 5.40. The molecule has 1 heterocycles. The van der Waals surface area contributed by atoms with Gasteiger partial charge in [0.25, 0.3) is 0 Å². The predicted octanol–water partition coefficient (Wildman–Crippen LogP) is 4.36. The summed E-state index contributed by atoms with van der Waals surface area (Å²) in [6.45, 7) is 2.10.